The van der Waals surface area contributed by atoms with Gasteiger partial charge in [0.2, 0.25) is 0 Å². The lowest BCUT2D eigenvalue weighted by Gasteiger charge is -2.04. The van der Waals surface area contributed by atoms with E-state index in [2.05, 4.69) is 22.8 Å². The maximum absolute atomic E-state index is 5.90. The Kier molecular flexibility index (Phi) is 3.19. The van der Waals surface area contributed by atoms with E-state index in [1.54, 1.807) is 12.4 Å². The van der Waals surface area contributed by atoms with Crippen LogP contribution in [-0.2, 0) is 6.54 Å². The zero-order chi connectivity index (χ0) is 10.8. The van der Waals surface area contributed by atoms with Crippen molar-refractivity contribution in [2.45, 2.75) is 11.7 Å². The Hall–Kier alpha value is -0.710. The lowest BCUT2D eigenvalue weighted by Crippen LogP contribution is -1.98. The molecule has 6 heteroatoms. The van der Waals surface area contributed by atoms with Gasteiger partial charge in [-0.2, -0.15) is 0 Å². The SMILES string of the molecule is Sc1nncn1Cc1ccc(Cl)c(Cl)c1. The van der Waals surface area contributed by atoms with E-state index in [1.165, 1.54) is 0 Å². The van der Waals surface area contributed by atoms with Crippen molar-refractivity contribution in [3.05, 3.63) is 40.1 Å². The van der Waals surface area contributed by atoms with Crippen LogP contribution in [0.3, 0.4) is 0 Å². The van der Waals surface area contributed by atoms with Crippen LogP contribution in [0.5, 0.6) is 0 Å². The third kappa shape index (κ3) is 2.45. The molecule has 78 valence electrons. The van der Waals surface area contributed by atoms with E-state index in [4.69, 9.17) is 23.2 Å². The smallest absolute Gasteiger partial charge is 0.188 e. The molecule has 0 saturated carbocycles. The Morgan fingerprint density at radius 1 is 1.27 bits per heavy atom. The molecule has 3 nitrogen and oxygen atoms in total. The lowest BCUT2D eigenvalue weighted by molar-refractivity contribution is 0.711. The number of nitrogens with zero attached hydrogens (tertiary/aromatic N) is 3. The Bertz CT molecular complexity index is 484. The Balaban J connectivity index is 2.25. The van der Waals surface area contributed by atoms with Crippen LogP contribution in [0.25, 0.3) is 0 Å². The van der Waals surface area contributed by atoms with E-state index in [1.807, 2.05) is 16.7 Å². The van der Waals surface area contributed by atoms with Crippen molar-refractivity contribution in [3.8, 4) is 0 Å². The van der Waals surface area contributed by atoms with E-state index in [0.717, 1.165) is 5.56 Å². The fraction of sp³-hybridized carbons (Fsp3) is 0.111. The summed E-state index contributed by atoms with van der Waals surface area (Å²) < 4.78 is 1.81. The normalized spacial score (nSPS) is 10.6. The molecule has 0 unspecified atom stereocenters. The highest BCUT2D eigenvalue weighted by molar-refractivity contribution is 7.80. The first-order chi connectivity index (χ1) is 7.16. The van der Waals surface area contributed by atoms with Crippen molar-refractivity contribution >= 4 is 35.8 Å². The minimum atomic E-state index is 0.544. The molecule has 0 aliphatic carbocycles. The molecule has 0 N–H and O–H groups in total. The van der Waals surface area contributed by atoms with Gasteiger partial charge in [-0.05, 0) is 17.7 Å². The van der Waals surface area contributed by atoms with Crippen molar-refractivity contribution in [3.63, 3.8) is 0 Å². The highest BCUT2D eigenvalue weighted by Gasteiger charge is 2.03. The molecule has 1 aromatic heterocycles. The summed E-state index contributed by atoms with van der Waals surface area (Å²) >= 11 is 15.9. The maximum atomic E-state index is 5.90. The average Bonchev–Trinajstić information content (AvgIpc) is 2.59. The Labute approximate surface area is 102 Å². The third-order valence-corrected chi connectivity index (χ3v) is 3.02. The number of hydrogen-bond donors (Lipinski definition) is 1. The first kappa shape index (κ1) is 10.8. The van der Waals surface area contributed by atoms with Crippen LogP contribution < -0.4 is 0 Å². The van der Waals surface area contributed by atoms with Gasteiger partial charge in [-0.1, -0.05) is 29.3 Å². The Morgan fingerprint density at radius 3 is 2.67 bits per heavy atom. The van der Waals surface area contributed by atoms with Crippen LogP contribution in [0.2, 0.25) is 10.0 Å². The predicted molar refractivity (Wildman–Crippen MR) is 62.8 cm³/mol. The van der Waals surface area contributed by atoms with Crippen molar-refractivity contribution in [2.24, 2.45) is 0 Å². The number of rotatable bonds is 2. The van der Waals surface area contributed by atoms with E-state index in [9.17, 15) is 0 Å². The van der Waals surface area contributed by atoms with Crippen molar-refractivity contribution in [1.82, 2.24) is 14.8 Å². The summed E-state index contributed by atoms with van der Waals surface area (Å²) in [7, 11) is 0. The van der Waals surface area contributed by atoms with E-state index in [0.29, 0.717) is 21.7 Å². The Morgan fingerprint density at radius 2 is 2.07 bits per heavy atom. The largest absolute Gasteiger partial charge is 0.304 e. The number of benzene rings is 1. The second kappa shape index (κ2) is 4.43. The van der Waals surface area contributed by atoms with Gasteiger partial charge in [-0.15, -0.1) is 22.8 Å². The number of hydrogen-bond acceptors (Lipinski definition) is 3. The second-order valence-electron chi connectivity index (χ2n) is 3.01. The molecule has 2 rings (SSSR count). The summed E-state index contributed by atoms with van der Waals surface area (Å²) in [5, 5.41) is 9.17. The molecular weight excluding hydrogens is 253 g/mol. The molecule has 0 aliphatic rings. The predicted octanol–water partition coefficient (Wildman–Crippen LogP) is 2.92. The van der Waals surface area contributed by atoms with Crippen LogP contribution in [0.1, 0.15) is 5.56 Å². The molecule has 15 heavy (non-hydrogen) atoms. The third-order valence-electron chi connectivity index (χ3n) is 1.93. The topological polar surface area (TPSA) is 30.7 Å². The first-order valence-corrected chi connectivity index (χ1v) is 5.38. The molecular formula is C9H7Cl2N3S. The molecule has 0 radical (unpaired) electrons. The molecule has 0 amide bonds. The van der Waals surface area contributed by atoms with Gasteiger partial charge >= 0.3 is 0 Å². The zero-order valence-corrected chi connectivity index (χ0v) is 9.97. The molecule has 1 heterocycles. The summed E-state index contributed by atoms with van der Waals surface area (Å²) in [5.74, 6) is 0. The van der Waals surface area contributed by atoms with Gasteiger partial charge in [0.05, 0.1) is 16.6 Å². The van der Waals surface area contributed by atoms with Gasteiger partial charge in [-0.25, -0.2) is 0 Å². The van der Waals surface area contributed by atoms with Crippen LogP contribution in [0.4, 0.5) is 0 Å². The van der Waals surface area contributed by atoms with Gasteiger partial charge in [0.25, 0.3) is 0 Å². The molecule has 2 aromatic rings. The van der Waals surface area contributed by atoms with Crippen molar-refractivity contribution < 1.29 is 0 Å². The monoisotopic (exact) mass is 259 g/mol. The minimum absolute atomic E-state index is 0.544. The van der Waals surface area contributed by atoms with Gasteiger partial charge in [0.1, 0.15) is 6.33 Å². The van der Waals surface area contributed by atoms with Crippen molar-refractivity contribution in [2.75, 3.05) is 0 Å². The number of thiol groups is 1. The van der Waals surface area contributed by atoms with E-state index in [-0.39, 0.29) is 0 Å². The standard InChI is InChI=1S/C9H7Cl2N3S/c10-7-2-1-6(3-8(7)11)4-14-5-12-13-9(14)15/h1-3,5H,4H2,(H,13,15). The summed E-state index contributed by atoms with van der Waals surface area (Å²) in [6, 6.07) is 5.49. The molecule has 0 aliphatic heterocycles. The van der Waals surface area contributed by atoms with Gasteiger partial charge in [0, 0.05) is 0 Å². The first-order valence-electron chi connectivity index (χ1n) is 4.17. The molecule has 0 bridgehead atoms. The zero-order valence-electron chi connectivity index (χ0n) is 7.56. The van der Waals surface area contributed by atoms with E-state index < -0.39 is 0 Å². The second-order valence-corrected chi connectivity index (χ2v) is 4.22. The van der Waals surface area contributed by atoms with E-state index >= 15 is 0 Å². The van der Waals surface area contributed by atoms with Crippen molar-refractivity contribution in [1.29, 1.82) is 0 Å². The van der Waals surface area contributed by atoms with Gasteiger partial charge < -0.3 is 4.57 Å². The summed E-state index contributed by atoms with van der Waals surface area (Å²) in [4.78, 5) is 0. The maximum Gasteiger partial charge on any atom is 0.188 e. The van der Waals surface area contributed by atoms with Gasteiger partial charge in [-0.3, -0.25) is 0 Å². The fourth-order valence-corrected chi connectivity index (χ4v) is 1.69. The number of aromatic nitrogens is 3. The summed E-state index contributed by atoms with van der Waals surface area (Å²) in [6.45, 7) is 0.628. The molecule has 1 aromatic carbocycles. The molecule has 0 fully saturated rings. The quantitative estimate of drug-likeness (QED) is 0.841. The van der Waals surface area contributed by atoms with Gasteiger partial charge in [0.15, 0.2) is 5.16 Å². The highest BCUT2D eigenvalue weighted by Crippen LogP contribution is 2.23. The van der Waals surface area contributed by atoms with Crippen LogP contribution in [-0.4, -0.2) is 14.8 Å². The lowest BCUT2D eigenvalue weighted by atomic mass is 10.2. The molecule has 0 saturated heterocycles. The average molecular weight is 260 g/mol. The number of halogens is 2. The fourth-order valence-electron chi connectivity index (χ4n) is 1.20. The summed E-state index contributed by atoms with van der Waals surface area (Å²) in [6.07, 6.45) is 1.62. The highest BCUT2D eigenvalue weighted by atomic mass is 35.5. The van der Waals surface area contributed by atoms with Crippen LogP contribution in [0.15, 0.2) is 29.7 Å². The summed E-state index contributed by atoms with van der Waals surface area (Å²) in [5.41, 5.74) is 1.03. The minimum Gasteiger partial charge on any atom is -0.304 e. The molecule has 0 spiro atoms. The van der Waals surface area contributed by atoms with Crippen LogP contribution in [0, 0.1) is 0 Å². The van der Waals surface area contributed by atoms with Crippen LogP contribution >= 0.6 is 35.8 Å². The molecule has 0 atom stereocenters.